The smallest absolute Gasteiger partial charge is 0.310 e. The topological polar surface area (TPSA) is 63.6 Å². The maximum atomic E-state index is 12.7. The van der Waals surface area contributed by atoms with Gasteiger partial charge < -0.3 is 9.84 Å². The van der Waals surface area contributed by atoms with E-state index < -0.39 is 17.8 Å². The first-order valence-corrected chi connectivity index (χ1v) is 11.0. The normalized spacial score (nSPS) is 21.3. The molecule has 3 atom stereocenters. The molecule has 0 aromatic carbocycles. The van der Waals surface area contributed by atoms with Crippen molar-refractivity contribution in [2.45, 2.75) is 116 Å². The molecule has 1 N–H and O–H groups in total. The van der Waals surface area contributed by atoms with Crippen LogP contribution in [0.5, 0.6) is 0 Å². The zero-order valence-corrected chi connectivity index (χ0v) is 17.0. The molecule has 0 bridgehead atoms. The third-order valence-corrected chi connectivity index (χ3v) is 5.68. The Labute approximate surface area is 160 Å². The average Bonchev–Trinajstić information content (AvgIpc) is 2.64. The van der Waals surface area contributed by atoms with E-state index in [1.54, 1.807) is 0 Å². The summed E-state index contributed by atoms with van der Waals surface area (Å²) in [6.45, 7) is 4.40. The van der Waals surface area contributed by atoms with E-state index in [-0.39, 0.29) is 12.1 Å². The molecule has 1 aliphatic carbocycles. The average molecular weight is 369 g/mol. The molecule has 0 radical (unpaired) electrons. The lowest BCUT2D eigenvalue weighted by atomic mass is 9.79. The number of unbranched alkanes of at least 4 members (excludes halogenated alkanes) is 7. The molecule has 0 heterocycles. The molecule has 0 aliphatic heterocycles. The SMILES string of the molecule is CCCCCCCC(CCCCCC)OC(=O)C1CCCCC1C(=O)O. The van der Waals surface area contributed by atoms with Crippen LogP contribution in [-0.4, -0.2) is 23.1 Å². The van der Waals surface area contributed by atoms with E-state index in [0.29, 0.717) is 12.8 Å². The lowest BCUT2D eigenvalue weighted by Crippen LogP contribution is -2.35. The summed E-state index contributed by atoms with van der Waals surface area (Å²) in [6.07, 6.45) is 15.6. The van der Waals surface area contributed by atoms with Gasteiger partial charge in [-0.2, -0.15) is 0 Å². The van der Waals surface area contributed by atoms with Crippen LogP contribution >= 0.6 is 0 Å². The Bertz CT molecular complexity index is 394. The summed E-state index contributed by atoms with van der Waals surface area (Å²) in [5.41, 5.74) is 0. The monoisotopic (exact) mass is 368 g/mol. The molecule has 4 nitrogen and oxygen atoms in total. The molecule has 0 aromatic heterocycles. The van der Waals surface area contributed by atoms with Crippen LogP contribution in [0.1, 0.15) is 110 Å². The maximum Gasteiger partial charge on any atom is 0.310 e. The van der Waals surface area contributed by atoms with Gasteiger partial charge in [0, 0.05) is 0 Å². The summed E-state index contributed by atoms with van der Waals surface area (Å²) in [7, 11) is 0. The third kappa shape index (κ3) is 9.05. The summed E-state index contributed by atoms with van der Waals surface area (Å²) < 4.78 is 5.85. The molecule has 1 rings (SSSR count). The van der Waals surface area contributed by atoms with Gasteiger partial charge in [0.2, 0.25) is 0 Å². The first kappa shape index (κ1) is 23.0. The number of carboxylic acid groups (broad SMARTS) is 1. The van der Waals surface area contributed by atoms with Crippen molar-refractivity contribution >= 4 is 11.9 Å². The van der Waals surface area contributed by atoms with Gasteiger partial charge in [-0.25, -0.2) is 0 Å². The first-order valence-electron chi connectivity index (χ1n) is 11.0. The highest BCUT2D eigenvalue weighted by atomic mass is 16.5. The number of carboxylic acids is 1. The van der Waals surface area contributed by atoms with Gasteiger partial charge in [-0.1, -0.05) is 71.6 Å². The number of hydrogen-bond acceptors (Lipinski definition) is 3. The van der Waals surface area contributed by atoms with Crippen LogP contribution in [-0.2, 0) is 14.3 Å². The highest BCUT2D eigenvalue weighted by molar-refractivity contribution is 5.81. The second-order valence-electron chi connectivity index (χ2n) is 7.95. The molecule has 0 aromatic rings. The van der Waals surface area contributed by atoms with E-state index in [1.807, 2.05) is 0 Å². The van der Waals surface area contributed by atoms with Gasteiger partial charge in [0.15, 0.2) is 0 Å². The first-order chi connectivity index (χ1) is 12.6. The van der Waals surface area contributed by atoms with E-state index in [2.05, 4.69) is 13.8 Å². The Kier molecular flexibility index (Phi) is 12.4. The van der Waals surface area contributed by atoms with E-state index >= 15 is 0 Å². The number of carbonyl (C=O) groups is 2. The van der Waals surface area contributed by atoms with Gasteiger partial charge in [-0.05, 0) is 38.5 Å². The van der Waals surface area contributed by atoms with E-state index in [9.17, 15) is 14.7 Å². The Hall–Kier alpha value is -1.06. The lowest BCUT2D eigenvalue weighted by molar-refractivity contribution is -0.164. The van der Waals surface area contributed by atoms with Crippen LogP contribution in [0.4, 0.5) is 0 Å². The quantitative estimate of drug-likeness (QED) is 0.296. The van der Waals surface area contributed by atoms with Crippen molar-refractivity contribution in [3.8, 4) is 0 Å². The van der Waals surface area contributed by atoms with Crippen LogP contribution in [0.25, 0.3) is 0 Å². The predicted molar refractivity (Wildman–Crippen MR) is 105 cm³/mol. The fourth-order valence-electron chi connectivity index (χ4n) is 4.00. The van der Waals surface area contributed by atoms with Crippen LogP contribution in [0, 0.1) is 11.8 Å². The third-order valence-electron chi connectivity index (χ3n) is 5.68. The molecule has 1 fully saturated rings. The minimum Gasteiger partial charge on any atom is -0.481 e. The predicted octanol–water partition coefficient (Wildman–Crippen LogP) is 6.12. The van der Waals surface area contributed by atoms with Gasteiger partial charge in [0.05, 0.1) is 11.8 Å². The van der Waals surface area contributed by atoms with Gasteiger partial charge in [-0.15, -0.1) is 0 Å². The molecule has 0 amide bonds. The van der Waals surface area contributed by atoms with Crippen molar-refractivity contribution in [1.82, 2.24) is 0 Å². The molecule has 26 heavy (non-hydrogen) atoms. The highest BCUT2D eigenvalue weighted by Gasteiger charge is 2.37. The summed E-state index contributed by atoms with van der Waals surface area (Å²) in [5.74, 6) is -2.10. The Morgan fingerprint density at radius 1 is 0.846 bits per heavy atom. The van der Waals surface area contributed by atoms with E-state index in [0.717, 1.165) is 38.5 Å². The molecule has 0 saturated heterocycles. The molecule has 1 aliphatic rings. The van der Waals surface area contributed by atoms with Crippen LogP contribution in [0.3, 0.4) is 0 Å². The highest BCUT2D eigenvalue weighted by Crippen LogP contribution is 2.32. The summed E-state index contributed by atoms with van der Waals surface area (Å²) in [5, 5.41) is 9.41. The van der Waals surface area contributed by atoms with Crippen molar-refractivity contribution in [2.75, 3.05) is 0 Å². The Balaban J connectivity index is 2.51. The number of esters is 1. The largest absolute Gasteiger partial charge is 0.481 e. The molecule has 152 valence electrons. The van der Waals surface area contributed by atoms with Crippen molar-refractivity contribution < 1.29 is 19.4 Å². The van der Waals surface area contributed by atoms with Gasteiger partial charge in [0.1, 0.15) is 6.10 Å². The van der Waals surface area contributed by atoms with Gasteiger partial charge in [-0.3, -0.25) is 9.59 Å². The van der Waals surface area contributed by atoms with Crippen molar-refractivity contribution in [3.05, 3.63) is 0 Å². The fraction of sp³-hybridized carbons (Fsp3) is 0.909. The second kappa shape index (κ2) is 14.1. The molecular weight excluding hydrogens is 328 g/mol. The van der Waals surface area contributed by atoms with Crippen molar-refractivity contribution in [1.29, 1.82) is 0 Å². The summed E-state index contributed by atoms with van der Waals surface area (Å²) >= 11 is 0. The minimum atomic E-state index is -0.842. The van der Waals surface area contributed by atoms with Crippen LogP contribution < -0.4 is 0 Å². The maximum absolute atomic E-state index is 12.7. The number of rotatable bonds is 14. The van der Waals surface area contributed by atoms with Gasteiger partial charge in [0.25, 0.3) is 0 Å². The number of hydrogen-bond donors (Lipinski definition) is 1. The second-order valence-corrected chi connectivity index (χ2v) is 7.95. The zero-order chi connectivity index (χ0) is 19.2. The van der Waals surface area contributed by atoms with Crippen molar-refractivity contribution in [3.63, 3.8) is 0 Å². The number of ether oxygens (including phenoxy) is 1. The van der Waals surface area contributed by atoms with Crippen LogP contribution in [0.2, 0.25) is 0 Å². The molecule has 3 unspecified atom stereocenters. The number of carbonyl (C=O) groups excluding carboxylic acids is 1. The van der Waals surface area contributed by atoms with Crippen molar-refractivity contribution in [2.24, 2.45) is 11.8 Å². The fourth-order valence-corrected chi connectivity index (χ4v) is 4.00. The molecule has 0 spiro atoms. The number of aliphatic carboxylic acids is 1. The summed E-state index contributed by atoms with van der Waals surface area (Å²) in [6, 6.07) is 0. The van der Waals surface area contributed by atoms with Gasteiger partial charge >= 0.3 is 11.9 Å². The molecule has 4 heteroatoms. The van der Waals surface area contributed by atoms with E-state index in [4.69, 9.17) is 4.74 Å². The summed E-state index contributed by atoms with van der Waals surface area (Å²) in [4.78, 5) is 24.1. The zero-order valence-electron chi connectivity index (χ0n) is 17.0. The lowest BCUT2D eigenvalue weighted by Gasteiger charge is -2.29. The standard InChI is InChI=1S/C22H40O4/c1-3-5-7-9-11-15-18(14-10-8-6-4-2)26-22(25)20-17-13-12-16-19(20)21(23)24/h18-20H,3-17H2,1-2H3,(H,23,24). The molecular formula is C22H40O4. The minimum absolute atomic E-state index is 0.0302. The Morgan fingerprint density at radius 2 is 1.35 bits per heavy atom. The molecule has 1 saturated carbocycles. The van der Waals surface area contributed by atoms with Crippen LogP contribution in [0.15, 0.2) is 0 Å². The van der Waals surface area contributed by atoms with E-state index in [1.165, 1.54) is 44.9 Å². The Morgan fingerprint density at radius 3 is 1.88 bits per heavy atom.